The third-order valence-corrected chi connectivity index (χ3v) is 1.67. The summed E-state index contributed by atoms with van der Waals surface area (Å²) in [4.78, 5) is 21.8. The molecule has 0 aliphatic rings. The molecule has 4 heteroatoms. The number of carboxylic acid groups (broad SMARTS) is 1. The number of carbonyl (C=O) groups is 2. The minimum atomic E-state index is -1.33. The molecular weight excluding hydrogens is 196 g/mol. The highest BCUT2D eigenvalue weighted by Gasteiger charge is 2.06. The second-order valence-corrected chi connectivity index (χ2v) is 2.76. The molecule has 4 nitrogen and oxygen atoms in total. The Balaban J connectivity index is 2.85. The quantitative estimate of drug-likeness (QED) is 0.527. The number of aromatic carboxylic acids is 1. The second kappa shape index (κ2) is 4.95. The molecule has 0 spiro atoms. The summed E-state index contributed by atoms with van der Waals surface area (Å²) in [6.07, 6.45) is 1.43. The van der Waals surface area contributed by atoms with Crippen molar-refractivity contribution in [1.29, 1.82) is 0 Å². The standard InChI is InChI=1S/C11H10O4/c1-2-6-15-11(14)9-5-3-4-8(7-9)10(12)13/h2-5,7H,1,6H2,(H,12,13)/p-1. The van der Waals surface area contributed by atoms with Crippen LogP contribution in [0.5, 0.6) is 0 Å². The number of ether oxygens (including phenoxy) is 1. The van der Waals surface area contributed by atoms with Gasteiger partial charge in [-0.05, 0) is 17.7 Å². The van der Waals surface area contributed by atoms with Crippen molar-refractivity contribution in [2.45, 2.75) is 0 Å². The molecule has 0 heterocycles. The zero-order valence-electron chi connectivity index (χ0n) is 7.93. The van der Waals surface area contributed by atoms with Crippen LogP contribution >= 0.6 is 0 Å². The number of esters is 1. The van der Waals surface area contributed by atoms with Gasteiger partial charge in [-0.2, -0.15) is 0 Å². The molecule has 0 atom stereocenters. The average molecular weight is 205 g/mol. The van der Waals surface area contributed by atoms with Crippen LogP contribution in [-0.4, -0.2) is 18.5 Å². The van der Waals surface area contributed by atoms with Crippen molar-refractivity contribution >= 4 is 11.9 Å². The number of carboxylic acids is 1. The van der Waals surface area contributed by atoms with Gasteiger partial charge in [0.25, 0.3) is 0 Å². The van der Waals surface area contributed by atoms with E-state index in [-0.39, 0.29) is 17.7 Å². The van der Waals surface area contributed by atoms with Crippen LogP contribution in [-0.2, 0) is 4.74 Å². The second-order valence-electron chi connectivity index (χ2n) is 2.76. The molecule has 0 aliphatic carbocycles. The van der Waals surface area contributed by atoms with Crippen molar-refractivity contribution in [2.24, 2.45) is 0 Å². The van der Waals surface area contributed by atoms with Gasteiger partial charge in [0.2, 0.25) is 0 Å². The number of hydrogen-bond donors (Lipinski definition) is 0. The lowest BCUT2D eigenvalue weighted by molar-refractivity contribution is -0.255. The lowest BCUT2D eigenvalue weighted by Crippen LogP contribution is -2.22. The Labute approximate surface area is 86.8 Å². The summed E-state index contributed by atoms with van der Waals surface area (Å²) < 4.78 is 4.74. The van der Waals surface area contributed by atoms with Crippen LogP contribution in [0.1, 0.15) is 20.7 Å². The zero-order valence-corrected chi connectivity index (χ0v) is 7.93. The molecule has 0 aromatic heterocycles. The zero-order chi connectivity index (χ0) is 11.3. The van der Waals surface area contributed by atoms with Crippen molar-refractivity contribution in [2.75, 3.05) is 6.61 Å². The molecule has 0 radical (unpaired) electrons. The van der Waals surface area contributed by atoms with E-state index in [1.807, 2.05) is 0 Å². The first-order chi connectivity index (χ1) is 7.15. The van der Waals surface area contributed by atoms with E-state index in [1.54, 1.807) is 0 Å². The molecule has 0 saturated heterocycles. The SMILES string of the molecule is C=CCOC(=O)c1cccc(C(=O)[O-])c1. The topological polar surface area (TPSA) is 66.4 Å². The van der Waals surface area contributed by atoms with E-state index >= 15 is 0 Å². The van der Waals surface area contributed by atoms with Gasteiger partial charge in [-0.15, -0.1) is 0 Å². The highest BCUT2D eigenvalue weighted by atomic mass is 16.5. The Kier molecular flexibility index (Phi) is 3.62. The average Bonchev–Trinajstić information content (AvgIpc) is 2.26. The smallest absolute Gasteiger partial charge is 0.338 e. The molecule has 1 aromatic carbocycles. The fourth-order valence-electron chi connectivity index (χ4n) is 0.991. The Morgan fingerprint density at radius 2 is 2.07 bits per heavy atom. The first-order valence-corrected chi connectivity index (χ1v) is 4.24. The summed E-state index contributed by atoms with van der Waals surface area (Å²) in [6.45, 7) is 3.48. The van der Waals surface area contributed by atoms with Gasteiger partial charge in [0.1, 0.15) is 6.61 Å². The summed E-state index contributed by atoms with van der Waals surface area (Å²) in [5, 5.41) is 10.5. The third kappa shape index (κ3) is 2.95. The number of rotatable bonds is 4. The van der Waals surface area contributed by atoms with E-state index in [1.165, 1.54) is 30.3 Å². The van der Waals surface area contributed by atoms with E-state index in [0.29, 0.717) is 0 Å². The maximum atomic E-state index is 11.3. The van der Waals surface area contributed by atoms with Crippen molar-refractivity contribution in [3.05, 3.63) is 48.0 Å². The number of hydrogen-bond acceptors (Lipinski definition) is 4. The van der Waals surface area contributed by atoms with Crippen LogP contribution in [0.3, 0.4) is 0 Å². The van der Waals surface area contributed by atoms with Crippen molar-refractivity contribution in [3.63, 3.8) is 0 Å². The summed E-state index contributed by atoms with van der Waals surface area (Å²) in [6, 6.07) is 5.48. The van der Waals surface area contributed by atoms with Gasteiger partial charge in [0.15, 0.2) is 0 Å². The molecule has 0 N–H and O–H groups in total. The molecule has 0 unspecified atom stereocenters. The van der Waals surface area contributed by atoms with Crippen LogP contribution in [0.15, 0.2) is 36.9 Å². The highest BCUT2D eigenvalue weighted by Crippen LogP contribution is 2.06. The normalized spacial score (nSPS) is 9.33. The molecule has 0 bridgehead atoms. The van der Waals surface area contributed by atoms with Gasteiger partial charge < -0.3 is 14.6 Å². The van der Waals surface area contributed by atoms with E-state index in [9.17, 15) is 14.7 Å². The largest absolute Gasteiger partial charge is 0.545 e. The minimum absolute atomic E-state index is 0.0527. The van der Waals surface area contributed by atoms with Gasteiger partial charge >= 0.3 is 5.97 Å². The maximum absolute atomic E-state index is 11.3. The molecule has 0 amide bonds. The molecular formula is C11H9O4-. The Hall–Kier alpha value is -2.10. The van der Waals surface area contributed by atoms with Crippen LogP contribution in [0.25, 0.3) is 0 Å². The highest BCUT2D eigenvalue weighted by molar-refractivity contribution is 5.93. The molecule has 0 fully saturated rings. The third-order valence-electron chi connectivity index (χ3n) is 1.67. The lowest BCUT2D eigenvalue weighted by atomic mass is 10.1. The molecule has 15 heavy (non-hydrogen) atoms. The van der Waals surface area contributed by atoms with Gasteiger partial charge in [-0.25, -0.2) is 4.79 Å². The van der Waals surface area contributed by atoms with E-state index in [4.69, 9.17) is 4.74 Å². The molecule has 0 saturated carbocycles. The maximum Gasteiger partial charge on any atom is 0.338 e. The predicted octanol–water partition coefficient (Wildman–Crippen LogP) is 0.393. The van der Waals surface area contributed by atoms with E-state index in [0.717, 1.165) is 0 Å². The summed E-state index contributed by atoms with van der Waals surface area (Å²) >= 11 is 0. The monoisotopic (exact) mass is 205 g/mol. The number of carbonyl (C=O) groups excluding carboxylic acids is 2. The van der Waals surface area contributed by atoms with Crippen molar-refractivity contribution < 1.29 is 19.4 Å². The molecule has 1 aromatic rings. The van der Waals surface area contributed by atoms with E-state index in [2.05, 4.69) is 6.58 Å². The fourth-order valence-corrected chi connectivity index (χ4v) is 0.991. The van der Waals surface area contributed by atoms with Gasteiger partial charge in [-0.3, -0.25) is 0 Å². The fraction of sp³-hybridized carbons (Fsp3) is 0.0909. The van der Waals surface area contributed by atoms with Crippen LogP contribution in [0.4, 0.5) is 0 Å². The van der Waals surface area contributed by atoms with E-state index < -0.39 is 11.9 Å². The lowest BCUT2D eigenvalue weighted by Gasteiger charge is -2.05. The summed E-state index contributed by atoms with van der Waals surface area (Å²) in [5.41, 5.74) is 0.126. The molecule has 1 rings (SSSR count). The Morgan fingerprint density at radius 1 is 1.40 bits per heavy atom. The minimum Gasteiger partial charge on any atom is -0.545 e. The first kappa shape index (κ1) is 11.0. The van der Waals surface area contributed by atoms with Gasteiger partial charge in [0, 0.05) is 0 Å². The predicted molar refractivity (Wildman–Crippen MR) is 51.3 cm³/mol. The van der Waals surface area contributed by atoms with Crippen LogP contribution < -0.4 is 5.11 Å². The Morgan fingerprint density at radius 3 is 2.67 bits per heavy atom. The summed E-state index contributed by atoms with van der Waals surface area (Å²) in [5.74, 6) is -1.91. The van der Waals surface area contributed by atoms with Crippen LogP contribution in [0, 0.1) is 0 Å². The van der Waals surface area contributed by atoms with Crippen molar-refractivity contribution in [1.82, 2.24) is 0 Å². The summed E-state index contributed by atoms with van der Waals surface area (Å²) in [7, 11) is 0. The first-order valence-electron chi connectivity index (χ1n) is 4.24. The van der Waals surface area contributed by atoms with Crippen LogP contribution in [0.2, 0.25) is 0 Å². The van der Waals surface area contributed by atoms with Crippen molar-refractivity contribution in [3.8, 4) is 0 Å². The number of benzene rings is 1. The van der Waals surface area contributed by atoms with Gasteiger partial charge in [-0.1, -0.05) is 24.8 Å². The molecule has 78 valence electrons. The van der Waals surface area contributed by atoms with Gasteiger partial charge in [0.05, 0.1) is 11.5 Å². The Bertz CT molecular complexity index is 395. The molecule has 0 aliphatic heterocycles.